The second-order valence-electron chi connectivity index (χ2n) is 6.87. The SMILES string of the molecule is CCOC(=O)C1=C(C)NC(=O)N(C(=O)Cc2ccccc2)[C@H]1c1cccc([N+](=O)[O-])c1. The minimum absolute atomic E-state index is 0.0448. The van der Waals surface area contributed by atoms with E-state index in [2.05, 4.69) is 5.32 Å². The molecule has 1 aliphatic rings. The molecule has 31 heavy (non-hydrogen) atoms. The number of amides is 3. The zero-order valence-corrected chi connectivity index (χ0v) is 17.0. The molecule has 160 valence electrons. The van der Waals surface area contributed by atoms with Crippen LogP contribution in [0.3, 0.4) is 0 Å². The Bertz CT molecular complexity index is 1060. The highest BCUT2D eigenvalue weighted by atomic mass is 16.6. The minimum atomic E-state index is -1.16. The lowest BCUT2D eigenvalue weighted by Gasteiger charge is -2.36. The summed E-state index contributed by atoms with van der Waals surface area (Å²) in [7, 11) is 0. The van der Waals surface area contributed by atoms with E-state index in [0.29, 0.717) is 5.56 Å². The summed E-state index contributed by atoms with van der Waals surface area (Å²) >= 11 is 0. The molecule has 0 radical (unpaired) electrons. The number of nitro benzene ring substituents is 1. The first kappa shape index (κ1) is 21.7. The van der Waals surface area contributed by atoms with Gasteiger partial charge in [0.05, 0.1) is 23.5 Å². The number of hydrogen-bond donors (Lipinski definition) is 1. The van der Waals surface area contributed by atoms with Crippen molar-refractivity contribution in [2.24, 2.45) is 0 Å². The van der Waals surface area contributed by atoms with Gasteiger partial charge < -0.3 is 10.1 Å². The lowest BCUT2D eigenvalue weighted by atomic mass is 9.93. The van der Waals surface area contributed by atoms with E-state index in [1.807, 2.05) is 0 Å². The number of nitro groups is 1. The van der Waals surface area contributed by atoms with Crippen LogP contribution in [-0.4, -0.2) is 34.3 Å². The van der Waals surface area contributed by atoms with Gasteiger partial charge in [-0.3, -0.25) is 19.8 Å². The van der Waals surface area contributed by atoms with E-state index in [1.165, 1.54) is 31.2 Å². The summed E-state index contributed by atoms with van der Waals surface area (Å²) < 4.78 is 5.14. The van der Waals surface area contributed by atoms with Gasteiger partial charge in [0.15, 0.2) is 0 Å². The van der Waals surface area contributed by atoms with E-state index in [1.54, 1.807) is 37.3 Å². The van der Waals surface area contributed by atoms with E-state index in [4.69, 9.17) is 4.74 Å². The fourth-order valence-corrected chi connectivity index (χ4v) is 3.45. The van der Waals surface area contributed by atoms with Gasteiger partial charge in [0.2, 0.25) is 5.91 Å². The van der Waals surface area contributed by atoms with Crippen LogP contribution in [0.1, 0.15) is 31.0 Å². The number of nitrogens with zero attached hydrogens (tertiary/aromatic N) is 2. The third kappa shape index (κ3) is 4.61. The van der Waals surface area contributed by atoms with Crippen molar-refractivity contribution in [1.82, 2.24) is 10.2 Å². The highest BCUT2D eigenvalue weighted by Gasteiger charge is 2.42. The van der Waals surface area contributed by atoms with Crippen LogP contribution in [0.15, 0.2) is 65.9 Å². The van der Waals surface area contributed by atoms with Crippen LogP contribution >= 0.6 is 0 Å². The van der Waals surface area contributed by atoms with Crippen molar-refractivity contribution >= 4 is 23.6 Å². The third-order valence-electron chi connectivity index (χ3n) is 4.81. The number of urea groups is 1. The fourth-order valence-electron chi connectivity index (χ4n) is 3.45. The van der Waals surface area contributed by atoms with Gasteiger partial charge in [-0.2, -0.15) is 0 Å². The first-order valence-electron chi connectivity index (χ1n) is 9.62. The van der Waals surface area contributed by atoms with E-state index < -0.39 is 28.9 Å². The van der Waals surface area contributed by atoms with Crippen molar-refractivity contribution in [1.29, 1.82) is 0 Å². The number of non-ortho nitro benzene ring substituents is 1. The van der Waals surface area contributed by atoms with Crippen molar-refractivity contribution in [3.8, 4) is 0 Å². The summed E-state index contributed by atoms with van der Waals surface area (Å²) in [5.41, 5.74) is 0.988. The molecule has 0 fully saturated rings. The maximum Gasteiger partial charge on any atom is 0.338 e. The van der Waals surface area contributed by atoms with Gasteiger partial charge in [-0.15, -0.1) is 0 Å². The topological polar surface area (TPSA) is 119 Å². The highest BCUT2D eigenvalue weighted by Crippen LogP contribution is 2.36. The third-order valence-corrected chi connectivity index (χ3v) is 4.81. The Balaban J connectivity index is 2.12. The Labute approximate surface area is 178 Å². The lowest BCUT2D eigenvalue weighted by Crippen LogP contribution is -2.51. The molecule has 0 spiro atoms. The molecule has 2 aromatic rings. The minimum Gasteiger partial charge on any atom is -0.463 e. The van der Waals surface area contributed by atoms with Gasteiger partial charge >= 0.3 is 12.0 Å². The Morgan fingerprint density at radius 1 is 1.16 bits per heavy atom. The normalized spacial score (nSPS) is 16.0. The maximum absolute atomic E-state index is 13.2. The van der Waals surface area contributed by atoms with Gasteiger partial charge in [0.1, 0.15) is 6.04 Å². The molecular formula is C22H21N3O6. The van der Waals surface area contributed by atoms with Crippen LogP contribution in [0.2, 0.25) is 0 Å². The van der Waals surface area contributed by atoms with Gasteiger partial charge in [-0.25, -0.2) is 9.59 Å². The van der Waals surface area contributed by atoms with Crippen LogP contribution in [-0.2, 0) is 20.7 Å². The smallest absolute Gasteiger partial charge is 0.338 e. The number of nitrogens with one attached hydrogen (secondary N) is 1. The van der Waals surface area contributed by atoms with E-state index in [9.17, 15) is 24.5 Å². The standard InChI is InChI=1S/C22H21N3O6/c1-3-31-21(27)19-14(2)23-22(28)24(18(26)12-15-8-5-4-6-9-15)20(19)16-10-7-11-17(13-16)25(29)30/h4-11,13,20H,3,12H2,1-2H3,(H,23,28)/t20-/m0/s1. The highest BCUT2D eigenvalue weighted by molar-refractivity contribution is 6.02. The number of allylic oxidation sites excluding steroid dienone is 1. The molecule has 1 aliphatic heterocycles. The molecule has 9 nitrogen and oxygen atoms in total. The lowest BCUT2D eigenvalue weighted by molar-refractivity contribution is -0.384. The molecule has 0 unspecified atom stereocenters. The molecule has 1 atom stereocenters. The molecule has 1 N–H and O–H groups in total. The zero-order chi connectivity index (χ0) is 22.5. The summed E-state index contributed by atoms with van der Waals surface area (Å²) in [5, 5.41) is 13.8. The average Bonchev–Trinajstić information content (AvgIpc) is 2.74. The number of hydrogen-bond acceptors (Lipinski definition) is 6. The van der Waals surface area contributed by atoms with Crippen LogP contribution in [0, 0.1) is 10.1 Å². The van der Waals surface area contributed by atoms with Crippen molar-refractivity contribution in [2.45, 2.75) is 26.3 Å². The quantitative estimate of drug-likeness (QED) is 0.433. The number of esters is 1. The van der Waals surface area contributed by atoms with E-state index >= 15 is 0 Å². The Kier molecular flexibility index (Phi) is 6.44. The fraction of sp³-hybridized carbons (Fsp3) is 0.227. The Morgan fingerprint density at radius 3 is 2.52 bits per heavy atom. The molecule has 9 heteroatoms. The molecule has 1 heterocycles. The van der Waals surface area contributed by atoms with Crippen molar-refractivity contribution < 1.29 is 24.0 Å². The molecule has 3 rings (SSSR count). The van der Waals surface area contributed by atoms with Gasteiger partial charge in [-0.05, 0) is 25.0 Å². The molecule has 0 aliphatic carbocycles. The molecule has 2 aromatic carbocycles. The molecule has 0 aromatic heterocycles. The first-order chi connectivity index (χ1) is 14.8. The van der Waals surface area contributed by atoms with Crippen LogP contribution in [0.5, 0.6) is 0 Å². The van der Waals surface area contributed by atoms with Crippen LogP contribution in [0.25, 0.3) is 0 Å². The Morgan fingerprint density at radius 2 is 1.87 bits per heavy atom. The number of benzene rings is 2. The van der Waals surface area contributed by atoms with Crippen molar-refractivity contribution in [3.63, 3.8) is 0 Å². The number of ether oxygens (including phenoxy) is 1. The Hall–Kier alpha value is -4.01. The molecule has 3 amide bonds. The largest absolute Gasteiger partial charge is 0.463 e. The maximum atomic E-state index is 13.2. The second-order valence-corrected chi connectivity index (χ2v) is 6.87. The van der Waals surface area contributed by atoms with Crippen LogP contribution < -0.4 is 5.32 Å². The van der Waals surface area contributed by atoms with Gasteiger partial charge in [-0.1, -0.05) is 42.5 Å². The zero-order valence-electron chi connectivity index (χ0n) is 17.0. The molecule has 0 saturated heterocycles. The van der Waals surface area contributed by atoms with E-state index in [0.717, 1.165) is 4.90 Å². The van der Waals surface area contributed by atoms with Gasteiger partial charge in [0.25, 0.3) is 5.69 Å². The summed E-state index contributed by atoms with van der Waals surface area (Å²) in [6.45, 7) is 3.24. The van der Waals surface area contributed by atoms with Crippen LogP contribution in [0.4, 0.5) is 10.5 Å². The first-order valence-corrected chi connectivity index (χ1v) is 9.62. The summed E-state index contributed by atoms with van der Waals surface area (Å²) in [6.07, 6.45) is -0.0885. The number of imide groups is 1. The van der Waals surface area contributed by atoms with Crippen molar-refractivity contribution in [2.75, 3.05) is 6.61 Å². The predicted molar refractivity (Wildman–Crippen MR) is 111 cm³/mol. The number of rotatable bonds is 6. The average molecular weight is 423 g/mol. The van der Waals surface area contributed by atoms with E-state index in [-0.39, 0.29) is 35.5 Å². The summed E-state index contributed by atoms with van der Waals surface area (Å²) in [4.78, 5) is 50.4. The molecule has 0 saturated carbocycles. The predicted octanol–water partition coefficient (Wildman–Crippen LogP) is 3.27. The molecular weight excluding hydrogens is 402 g/mol. The monoisotopic (exact) mass is 423 g/mol. The van der Waals surface area contributed by atoms with Crippen molar-refractivity contribution in [3.05, 3.63) is 87.1 Å². The second kappa shape index (κ2) is 9.21. The summed E-state index contributed by atoms with van der Waals surface area (Å²) in [5.74, 6) is -1.27. The van der Waals surface area contributed by atoms with Gasteiger partial charge in [0, 0.05) is 17.8 Å². The molecule has 0 bridgehead atoms. The summed E-state index contributed by atoms with van der Waals surface area (Å²) in [6, 6.07) is 12.5. The number of carbonyl (C=O) groups is 3. The number of carbonyl (C=O) groups excluding carboxylic acids is 3.